The van der Waals surface area contributed by atoms with Crippen molar-refractivity contribution in [3.8, 4) is 17.2 Å². The third kappa shape index (κ3) is 7.40. The molecule has 1 aliphatic rings. The number of methoxy groups -OCH3 is 3. The maximum absolute atomic E-state index is 5.43. The van der Waals surface area contributed by atoms with E-state index in [1.165, 1.54) is 25.8 Å². The Balaban J connectivity index is 0.00000420. The molecular formula is C21H37IN4O3. The zero-order valence-corrected chi connectivity index (χ0v) is 20.7. The number of likely N-dealkylation sites (N-methyl/N-ethyl adjacent to an activating group) is 1. The SMILES string of the molecule is CCNC(=NCc1cc(OC)c(OC)c(OC)c1)NCC1CCCCN1CC.I. The first-order chi connectivity index (χ1) is 13.7. The molecule has 1 aromatic rings. The van der Waals surface area contributed by atoms with Crippen molar-refractivity contribution in [1.29, 1.82) is 0 Å². The molecule has 1 unspecified atom stereocenters. The molecule has 0 spiro atoms. The van der Waals surface area contributed by atoms with Gasteiger partial charge >= 0.3 is 0 Å². The summed E-state index contributed by atoms with van der Waals surface area (Å²) in [7, 11) is 4.86. The Kier molecular flexibility index (Phi) is 12.1. The Hall–Kier alpha value is -1.42. The first kappa shape index (κ1) is 25.6. The van der Waals surface area contributed by atoms with Crippen molar-refractivity contribution in [1.82, 2.24) is 15.5 Å². The number of ether oxygens (including phenoxy) is 3. The Morgan fingerprint density at radius 3 is 2.31 bits per heavy atom. The summed E-state index contributed by atoms with van der Waals surface area (Å²) >= 11 is 0. The van der Waals surface area contributed by atoms with Crippen LogP contribution in [0.1, 0.15) is 38.7 Å². The van der Waals surface area contributed by atoms with Crippen LogP contribution in [0.25, 0.3) is 0 Å². The number of rotatable bonds is 9. The van der Waals surface area contributed by atoms with Gasteiger partial charge in [0, 0.05) is 19.1 Å². The number of halogens is 1. The molecule has 0 aliphatic carbocycles. The Morgan fingerprint density at radius 1 is 1.07 bits per heavy atom. The highest BCUT2D eigenvalue weighted by Gasteiger charge is 2.21. The monoisotopic (exact) mass is 520 g/mol. The van der Waals surface area contributed by atoms with Gasteiger partial charge in [0.2, 0.25) is 5.75 Å². The molecular weight excluding hydrogens is 483 g/mol. The second-order valence-electron chi connectivity index (χ2n) is 6.89. The van der Waals surface area contributed by atoms with Crippen molar-refractivity contribution in [2.45, 2.75) is 45.7 Å². The minimum atomic E-state index is 0. The Bertz CT molecular complexity index is 617. The van der Waals surface area contributed by atoms with Crippen molar-refractivity contribution >= 4 is 29.9 Å². The van der Waals surface area contributed by atoms with Crippen LogP contribution in [-0.4, -0.2) is 64.4 Å². The van der Waals surface area contributed by atoms with Crippen molar-refractivity contribution < 1.29 is 14.2 Å². The molecule has 0 radical (unpaired) electrons. The van der Waals surface area contributed by atoms with Gasteiger partial charge in [-0.15, -0.1) is 24.0 Å². The molecule has 0 bridgehead atoms. The fraction of sp³-hybridized carbons (Fsp3) is 0.667. The zero-order valence-electron chi connectivity index (χ0n) is 18.4. The Labute approximate surface area is 192 Å². The lowest BCUT2D eigenvalue weighted by molar-refractivity contribution is 0.157. The minimum absolute atomic E-state index is 0. The van der Waals surface area contributed by atoms with Crippen LogP contribution in [0.3, 0.4) is 0 Å². The fourth-order valence-corrected chi connectivity index (χ4v) is 3.66. The molecule has 0 aromatic heterocycles. The molecule has 1 atom stereocenters. The molecule has 1 aromatic carbocycles. The summed E-state index contributed by atoms with van der Waals surface area (Å²) in [5, 5.41) is 6.85. The predicted molar refractivity (Wildman–Crippen MR) is 129 cm³/mol. The number of nitrogens with one attached hydrogen (secondary N) is 2. The van der Waals surface area contributed by atoms with E-state index in [1.807, 2.05) is 12.1 Å². The highest BCUT2D eigenvalue weighted by molar-refractivity contribution is 14.0. The summed E-state index contributed by atoms with van der Waals surface area (Å²) < 4.78 is 16.3. The molecule has 0 amide bonds. The van der Waals surface area contributed by atoms with Crippen LogP contribution in [0.2, 0.25) is 0 Å². The quantitative estimate of drug-likeness (QED) is 0.296. The average molecular weight is 520 g/mol. The highest BCUT2D eigenvalue weighted by atomic mass is 127. The van der Waals surface area contributed by atoms with Gasteiger partial charge in [-0.05, 0) is 50.6 Å². The van der Waals surface area contributed by atoms with Gasteiger partial charge in [-0.1, -0.05) is 13.3 Å². The third-order valence-corrected chi connectivity index (χ3v) is 5.15. The summed E-state index contributed by atoms with van der Waals surface area (Å²) in [6.07, 6.45) is 3.86. The van der Waals surface area contributed by atoms with E-state index in [2.05, 4.69) is 29.4 Å². The number of nitrogens with zero attached hydrogens (tertiary/aromatic N) is 2. The van der Waals surface area contributed by atoms with Crippen LogP contribution in [0, 0.1) is 0 Å². The summed E-state index contributed by atoms with van der Waals surface area (Å²) in [6, 6.07) is 4.45. The topological polar surface area (TPSA) is 67.4 Å². The van der Waals surface area contributed by atoms with Crippen LogP contribution >= 0.6 is 24.0 Å². The molecule has 1 heterocycles. The molecule has 1 aliphatic heterocycles. The number of aliphatic imine (C=N–C) groups is 1. The predicted octanol–water partition coefficient (Wildman–Crippen LogP) is 3.26. The van der Waals surface area contributed by atoms with Crippen molar-refractivity contribution in [3.05, 3.63) is 17.7 Å². The first-order valence-electron chi connectivity index (χ1n) is 10.2. The Morgan fingerprint density at radius 2 is 1.76 bits per heavy atom. The lowest BCUT2D eigenvalue weighted by Crippen LogP contribution is -2.49. The number of piperidine rings is 1. The van der Waals surface area contributed by atoms with E-state index in [9.17, 15) is 0 Å². The number of hydrogen-bond donors (Lipinski definition) is 2. The van der Waals surface area contributed by atoms with Crippen LogP contribution in [0.15, 0.2) is 17.1 Å². The van der Waals surface area contributed by atoms with Gasteiger partial charge in [0.1, 0.15) is 0 Å². The second kappa shape index (κ2) is 13.7. The van der Waals surface area contributed by atoms with Crippen LogP contribution in [0.5, 0.6) is 17.2 Å². The average Bonchev–Trinajstić information content (AvgIpc) is 2.74. The van der Waals surface area contributed by atoms with Crippen LogP contribution < -0.4 is 24.8 Å². The van der Waals surface area contributed by atoms with E-state index in [0.29, 0.717) is 29.8 Å². The van der Waals surface area contributed by atoms with Crippen LogP contribution in [-0.2, 0) is 6.54 Å². The van der Waals surface area contributed by atoms with E-state index in [4.69, 9.17) is 19.2 Å². The molecule has 1 fully saturated rings. The van der Waals surface area contributed by atoms with Gasteiger partial charge in [0.15, 0.2) is 17.5 Å². The second-order valence-corrected chi connectivity index (χ2v) is 6.89. The standard InChI is InChI=1S/C21H36N4O3.HI/c1-6-22-21(24-15-17-10-8-9-11-25(17)7-2)23-14-16-12-18(26-3)20(28-5)19(13-16)27-4;/h12-13,17H,6-11,14-15H2,1-5H3,(H2,22,23,24);1H. The fourth-order valence-electron chi connectivity index (χ4n) is 3.66. The number of hydrogen-bond acceptors (Lipinski definition) is 5. The van der Waals surface area contributed by atoms with E-state index in [-0.39, 0.29) is 24.0 Å². The van der Waals surface area contributed by atoms with E-state index < -0.39 is 0 Å². The van der Waals surface area contributed by atoms with Crippen LogP contribution in [0.4, 0.5) is 0 Å². The maximum atomic E-state index is 5.43. The smallest absolute Gasteiger partial charge is 0.203 e. The molecule has 0 saturated carbocycles. The number of guanidine groups is 1. The molecule has 2 N–H and O–H groups in total. The van der Waals surface area contributed by atoms with E-state index in [1.54, 1.807) is 21.3 Å². The highest BCUT2D eigenvalue weighted by Crippen LogP contribution is 2.38. The van der Waals surface area contributed by atoms with E-state index >= 15 is 0 Å². The molecule has 166 valence electrons. The van der Waals surface area contributed by atoms with Gasteiger partial charge in [0.05, 0.1) is 27.9 Å². The molecule has 2 rings (SSSR count). The maximum Gasteiger partial charge on any atom is 0.203 e. The largest absolute Gasteiger partial charge is 0.493 e. The van der Waals surface area contributed by atoms with Crippen molar-refractivity contribution in [2.75, 3.05) is 47.5 Å². The number of likely N-dealkylation sites (tertiary alicyclic amines) is 1. The zero-order chi connectivity index (χ0) is 20.4. The normalized spacial score (nSPS) is 17.3. The van der Waals surface area contributed by atoms with Crippen molar-refractivity contribution in [3.63, 3.8) is 0 Å². The number of benzene rings is 1. The summed E-state index contributed by atoms with van der Waals surface area (Å²) in [4.78, 5) is 7.30. The third-order valence-electron chi connectivity index (χ3n) is 5.15. The summed E-state index contributed by atoms with van der Waals surface area (Å²) in [5.41, 5.74) is 1.000. The van der Waals surface area contributed by atoms with Gasteiger partial charge in [-0.25, -0.2) is 4.99 Å². The molecule has 29 heavy (non-hydrogen) atoms. The first-order valence-corrected chi connectivity index (χ1v) is 10.2. The van der Waals surface area contributed by atoms with Gasteiger partial charge < -0.3 is 24.8 Å². The molecule has 8 heteroatoms. The van der Waals surface area contributed by atoms with Crippen molar-refractivity contribution in [2.24, 2.45) is 4.99 Å². The lowest BCUT2D eigenvalue weighted by atomic mass is 10.0. The van der Waals surface area contributed by atoms with Gasteiger partial charge in [0.25, 0.3) is 0 Å². The summed E-state index contributed by atoms with van der Waals surface area (Å²) in [5.74, 6) is 2.72. The molecule has 1 saturated heterocycles. The lowest BCUT2D eigenvalue weighted by Gasteiger charge is -2.35. The molecule has 7 nitrogen and oxygen atoms in total. The van der Waals surface area contributed by atoms with Gasteiger partial charge in [-0.2, -0.15) is 0 Å². The summed E-state index contributed by atoms with van der Waals surface area (Å²) in [6.45, 7) is 8.87. The van der Waals surface area contributed by atoms with E-state index in [0.717, 1.165) is 31.2 Å². The van der Waals surface area contributed by atoms with Gasteiger partial charge in [-0.3, -0.25) is 4.90 Å². The minimum Gasteiger partial charge on any atom is -0.493 e.